The van der Waals surface area contributed by atoms with Crippen molar-refractivity contribution in [3.63, 3.8) is 0 Å². The van der Waals surface area contributed by atoms with E-state index in [1.807, 2.05) is 12.1 Å². The predicted octanol–water partition coefficient (Wildman–Crippen LogP) is 2.32. The number of rotatable bonds is 6. The zero-order chi connectivity index (χ0) is 11.1. The third-order valence-corrected chi connectivity index (χ3v) is 1.86. The van der Waals surface area contributed by atoms with Gasteiger partial charge < -0.3 is 10.1 Å². The summed E-state index contributed by atoms with van der Waals surface area (Å²) in [4.78, 5) is 4.23. The lowest BCUT2D eigenvalue weighted by molar-refractivity contribution is 0.357. The lowest BCUT2D eigenvalue weighted by Crippen LogP contribution is -2.12. The highest BCUT2D eigenvalue weighted by molar-refractivity contribution is 6.29. The predicted molar refractivity (Wildman–Crippen MR) is 62.1 cm³/mol. The summed E-state index contributed by atoms with van der Waals surface area (Å²) in [7, 11) is 0. The molecule has 4 heteroatoms. The fourth-order valence-corrected chi connectivity index (χ4v) is 1.07. The highest BCUT2D eigenvalue weighted by Crippen LogP contribution is 2.10. The molecule has 0 aromatic carbocycles. The van der Waals surface area contributed by atoms with Crippen molar-refractivity contribution in [3.8, 4) is 5.75 Å². The summed E-state index contributed by atoms with van der Waals surface area (Å²) in [6.45, 7) is 7.63. The Morgan fingerprint density at radius 3 is 2.93 bits per heavy atom. The van der Waals surface area contributed by atoms with Crippen LogP contribution in [0.5, 0.6) is 5.75 Å². The van der Waals surface area contributed by atoms with Crippen molar-refractivity contribution in [2.75, 3.05) is 13.2 Å². The van der Waals surface area contributed by atoms with Gasteiger partial charge in [-0.3, -0.25) is 4.98 Å². The van der Waals surface area contributed by atoms with Crippen molar-refractivity contribution < 1.29 is 4.74 Å². The van der Waals surface area contributed by atoms with E-state index in [1.54, 1.807) is 6.20 Å². The molecule has 82 valence electrons. The van der Waals surface area contributed by atoms with Gasteiger partial charge in [-0.2, -0.15) is 0 Å². The van der Waals surface area contributed by atoms with E-state index in [2.05, 4.69) is 23.8 Å². The highest BCUT2D eigenvalue weighted by atomic mass is 35.5. The summed E-state index contributed by atoms with van der Waals surface area (Å²) < 4.78 is 5.31. The summed E-state index contributed by atoms with van der Waals surface area (Å²) in [5.74, 6) is 0.706. The van der Waals surface area contributed by atoms with Gasteiger partial charge in [0.2, 0.25) is 0 Å². The van der Waals surface area contributed by atoms with Gasteiger partial charge in [-0.1, -0.05) is 25.1 Å². The van der Waals surface area contributed by atoms with E-state index in [1.165, 1.54) is 0 Å². The van der Waals surface area contributed by atoms with Crippen LogP contribution < -0.4 is 10.1 Å². The first-order valence-corrected chi connectivity index (χ1v) is 5.22. The van der Waals surface area contributed by atoms with Crippen molar-refractivity contribution in [1.82, 2.24) is 10.3 Å². The van der Waals surface area contributed by atoms with Crippen molar-refractivity contribution in [2.24, 2.45) is 0 Å². The van der Waals surface area contributed by atoms with Gasteiger partial charge in [0.25, 0.3) is 0 Å². The first-order valence-electron chi connectivity index (χ1n) is 4.84. The van der Waals surface area contributed by atoms with E-state index in [0.29, 0.717) is 17.4 Å². The van der Waals surface area contributed by atoms with E-state index < -0.39 is 0 Å². The van der Waals surface area contributed by atoms with Crippen LogP contribution in [-0.2, 0) is 6.54 Å². The van der Waals surface area contributed by atoms with Crippen LogP contribution in [0.4, 0.5) is 0 Å². The monoisotopic (exact) mass is 226 g/mol. The number of aromatic nitrogens is 1. The first-order chi connectivity index (χ1) is 7.22. The summed E-state index contributed by atoms with van der Waals surface area (Å²) in [5, 5.41) is 3.67. The quantitative estimate of drug-likeness (QED) is 0.809. The molecule has 0 saturated carbocycles. The van der Waals surface area contributed by atoms with Gasteiger partial charge in [0.05, 0.1) is 11.9 Å². The van der Waals surface area contributed by atoms with E-state index in [9.17, 15) is 0 Å². The standard InChI is InChI=1S/C11H15ClN2O/c1-3-13-6-10-4-5-11(7-14-10)15-8-9(2)12/h4-5,7,13H,2-3,6,8H2,1H3. The van der Waals surface area contributed by atoms with E-state index in [-0.39, 0.29) is 0 Å². The van der Waals surface area contributed by atoms with Crippen LogP contribution >= 0.6 is 11.6 Å². The molecule has 3 nitrogen and oxygen atoms in total. The molecule has 0 spiro atoms. The smallest absolute Gasteiger partial charge is 0.138 e. The lowest BCUT2D eigenvalue weighted by atomic mass is 10.3. The minimum Gasteiger partial charge on any atom is -0.486 e. The molecule has 0 fully saturated rings. The summed E-state index contributed by atoms with van der Waals surface area (Å²) in [6.07, 6.45) is 1.69. The average Bonchev–Trinajstić information content (AvgIpc) is 2.25. The maximum absolute atomic E-state index is 5.58. The topological polar surface area (TPSA) is 34.1 Å². The van der Waals surface area contributed by atoms with E-state index in [4.69, 9.17) is 16.3 Å². The number of nitrogens with one attached hydrogen (secondary N) is 1. The van der Waals surface area contributed by atoms with Crippen molar-refractivity contribution >= 4 is 11.6 Å². The molecule has 1 N–H and O–H groups in total. The molecule has 0 unspecified atom stereocenters. The Bertz CT molecular complexity index is 311. The molecule has 1 heterocycles. The largest absolute Gasteiger partial charge is 0.486 e. The van der Waals surface area contributed by atoms with Gasteiger partial charge in [-0.25, -0.2) is 0 Å². The number of hydrogen-bond donors (Lipinski definition) is 1. The second-order valence-electron chi connectivity index (χ2n) is 3.07. The molecule has 0 saturated heterocycles. The van der Waals surface area contributed by atoms with Gasteiger partial charge in [-0.05, 0) is 18.7 Å². The van der Waals surface area contributed by atoms with Gasteiger partial charge in [-0.15, -0.1) is 0 Å². The minimum absolute atomic E-state index is 0.315. The highest BCUT2D eigenvalue weighted by Gasteiger charge is 1.97. The van der Waals surface area contributed by atoms with Crippen LogP contribution in [0.3, 0.4) is 0 Å². The van der Waals surface area contributed by atoms with E-state index in [0.717, 1.165) is 18.8 Å². The molecule has 0 aliphatic rings. The van der Waals surface area contributed by atoms with Gasteiger partial charge in [0, 0.05) is 11.6 Å². The van der Waals surface area contributed by atoms with Crippen molar-refractivity contribution in [2.45, 2.75) is 13.5 Å². The Kier molecular flexibility index (Phi) is 5.15. The van der Waals surface area contributed by atoms with Crippen LogP contribution in [0.1, 0.15) is 12.6 Å². The summed E-state index contributed by atoms with van der Waals surface area (Å²) in [6, 6.07) is 3.80. The average molecular weight is 227 g/mol. The van der Waals surface area contributed by atoms with Crippen molar-refractivity contribution in [1.29, 1.82) is 0 Å². The molecular weight excluding hydrogens is 212 g/mol. The number of nitrogens with zero attached hydrogens (tertiary/aromatic N) is 1. The Morgan fingerprint density at radius 1 is 1.60 bits per heavy atom. The van der Waals surface area contributed by atoms with Gasteiger partial charge in [0.1, 0.15) is 12.4 Å². The second-order valence-corrected chi connectivity index (χ2v) is 3.61. The molecule has 0 radical (unpaired) electrons. The molecule has 0 aliphatic carbocycles. The first kappa shape index (κ1) is 12.0. The fraction of sp³-hybridized carbons (Fsp3) is 0.364. The van der Waals surface area contributed by atoms with Crippen LogP contribution in [0, 0.1) is 0 Å². The molecular formula is C11H15ClN2O. The number of ether oxygens (including phenoxy) is 1. The third-order valence-electron chi connectivity index (χ3n) is 1.75. The number of hydrogen-bond acceptors (Lipinski definition) is 3. The maximum atomic E-state index is 5.58. The Balaban J connectivity index is 2.45. The second kappa shape index (κ2) is 6.43. The molecule has 0 aliphatic heterocycles. The van der Waals surface area contributed by atoms with E-state index >= 15 is 0 Å². The summed E-state index contributed by atoms with van der Waals surface area (Å²) in [5.41, 5.74) is 0.994. The zero-order valence-electron chi connectivity index (χ0n) is 8.79. The molecule has 1 aromatic heterocycles. The normalized spacial score (nSPS) is 10.0. The number of halogens is 1. The SMILES string of the molecule is C=C(Cl)COc1ccc(CNCC)nc1. The van der Waals surface area contributed by atoms with Crippen LogP contribution in [0.2, 0.25) is 0 Å². The minimum atomic E-state index is 0.315. The van der Waals surface area contributed by atoms with Crippen LogP contribution in [0.15, 0.2) is 29.9 Å². The van der Waals surface area contributed by atoms with Crippen LogP contribution in [0.25, 0.3) is 0 Å². The zero-order valence-corrected chi connectivity index (χ0v) is 9.55. The molecule has 0 amide bonds. The lowest BCUT2D eigenvalue weighted by Gasteiger charge is -2.05. The number of pyridine rings is 1. The Labute approximate surface area is 95.1 Å². The summed E-state index contributed by atoms with van der Waals surface area (Å²) >= 11 is 5.58. The Morgan fingerprint density at radius 2 is 2.40 bits per heavy atom. The molecule has 15 heavy (non-hydrogen) atoms. The maximum Gasteiger partial charge on any atom is 0.138 e. The van der Waals surface area contributed by atoms with Crippen LogP contribution in [-0.4, -0.2) is 18.1 Å². The Hall–Kier alpha value is -1.06. The molecule has 1 rings (SSSR count). The molecule has 0 bridgehead atoms. The van der Waals surface area contributed by atoms with Gasteiger partial charge >= 0.3 is 0 Å². The fourth-order valence-electron chi connectivity index (χ4n) is 1.02. The van der Waals surface area contributed by atoms with Crippen molar-refractivity contribution in [3.05, 3.63) is 35.6 Å². The molecule has 1 aromatic rings. The van der Waals surface area contributed by atoms with Gasteiger partial charge in [0.15, 0.2) is 0 Å². The third kappa shape index (κ3) is 4.81. The molecule has 0 atom stereocenters.